The summed E-state index contributed by atoms with van der Waals surface area (Å²) in [5.74, 6) is -2.27. The van der Waals surface area contributed by atoms with Crippen LogP contribution in [0.25, 0.3) is 0 Å². The van der Waals surface area contributed by atoms with Gasteiger partial charge >= 0.3 is 11.9 Å². The Morgan fingerprint density at radius 3 is 1.04 bits per heavy atom. The van der Waals surface area contributed by atoms with E-state index in [1.807, 2.05) is 21.1 Å². The minimum Gasteiger partial charge on any atom is -0.545 e. The molecule has 0 bridgehead atoms. The Kier molecular flexibility index (Phi) is 57.7. The summed E-state index contributed by atoms with van der Waals surface area (Å²) in [5.41, 5.74) is 0. The first-order valence-electron chi connectivity index (χ1n) is 33.1. The van der Waals surface area contributed by atoms with E-state index < -0.39 is 24.3 Å². The van der Waals surface area contributed by atoms with Crippen LogP contribution in [0, 0.1) is 0 Å². The first-order chi connectivity index (χ1) is 37.6. The Morgan fingerprint density at radius 1 is 0.390 bits per heavy atom. The van der Waals surface area contributed by atoms with E-state index in [1.165, 1.54) is 238 Å². The van der Waals surface area contributed by atoms with Crippen molar-refractivity contribution < 1.29 is 42.9 Å². The standard InChI is InChI=1S/C68H127NO8/c1-6-8-10-12-14-16-18-20-22-24-26-28-30-32-33-35-36-38-40-42-44-46-48-50-52-54-56-58-65(70)75-62-64(63-76-68(67(72)73)74-61-60-69(3,4)5)77-66(71)59-57-55-53-51-49-47-45-43-41-39-37-34-31-29-27-25-23-21-19-17-15-13-11-9-7-2/h19,21,25,27,31,34,64,68H,6-18,20,22-24,26,28-30,32-33,35-63H2,1-5H3/b21-19-,27-25-,34-31-. The first-order valence-corrected chi connectivity index (χ1v) is 33.1. The van der Waals surface area contributed by atoms with Crippen molar-refractivity contribution in [3.05, 3.63) is 36.5 Å². The second-order valence-electron chi connectivity index (χ2n) is 23.8. The molecular weight excluding hydrogens is 959 g/mol. The number of aliphatic carboxylic acids is 1. The summed E-state index contributed by atoms with van der Waals surface area (Å²) in [7, 11) is 5.94. The molecule has 0 fully saturated rings. The summed E-state index contributed by atoms with van der Waals surface area (Å²) in [4.78, 5) is 37.4. The molecule has 0 aliphatic rings. The topological polar surface area (TPSA) is 111 Å². The van der Waals surface area contributed by atoms with Gasteiger partial charge in [0.15, 0.2) is 12.4 Å². The minimum atomic E-state index is -1.62. The van der Waals surface area contributed by atoms with E-state index in [4.69, 9.17) is 18.9 Å². The van der Waals surface area contributed by atoms with E-state index in [-0.39, 0.29) is 32.2 Å². The summed E-state index contributed by atoms with van der Waals surface area (Å²) in [5, 5.41) is 11.8. The summed E-state index contributed by atoms with van der Waals surface area (Å²) in [6.07, 6.45) is 70.7. The van der Waals surface area contributed by atoms with Crippen molar-refractivity contribution in [2.45, 2.75) is 334 Å². The average molecular weight is 1090 g/mol. The molecule has 2 unspecified atom stereocenters. The lowest BCUT2D eigenvalue weighted by Crippen LogP contribution is -2.44. The van der Waals surface area contributed by atoms with Gasteiger partial charge in [-0.3, -0.25) is 9.59 Å². The number of carboxylic acids is 1. The molecule has 0 saturated heterocycles. The van der Waals surface area contributed by atoms with Crippen molar-refractivity contribution in [3.63, 3.8) is 0 Å². The molecule has 9 nitrogen and oxygen atoms in total. The number of quaternary nitrogens is 1. The minimum absolute atomic E-state index is 0.148. The van der Waals surface area contributed by atoms with Gasteiger partial charge in [-0.15, -0.1) is 0 Å². The van der Waals surface area contributed by atoms with Gasteiger partial charge in [0.25, 0.3) is 0 Å². The molecule has 0 aromatic rings. The van der Waals surface area contributed by atoms with E-state index in [0.717, 1.165) is 51.4 Å². The summed E-state index contributed by atoms with van der Waals surface area (Å²) >= 11 is 0. The molecule has 0 aromatic carbocycles. The fourth-order valence-corrected chi connectivity index (χ4v) is 9.78. The van der Waals surface area contributed by atoms with Gasteiger partial charge in [-0.1, -0.05) is 294 Å². The predicted molar refractivity (Wildman–Crippen MR) is 325 cm³/mol. The van der Waals surface area contributed by atoms with Crippen molar-refractivity contribution >= 4 is 17.9 Å². The predicted octanol–water partition coefficient (Wildman–Crippen LogP) is 18.7. The van der Waals surface area contributed by atoms with Gasteiger partial charge in [-0.2, -0.15) is 0 Å². The molecule has 0 aliphatic heterocycles. The zero-order valence-electron chi connectivity index (χ0n) is 51.6. The number of allylic oxidation sites excluding steroid dienone is 6. The highest BCUT2D eigenvalue weighted by Crippen LogP contribution is 2.18. The van der Waals surface area contributed by atoms with Crippen molar-refractivity contribution in [3.8, 4) is 0 Å². The van der Waals surface area contributed by atoms with Gasteiger partial charge in [-0.05, 0) is 51.4 Å². The molecule has 0 spiro atoms. The molecule has 0 saturated carbocycles. The zero-order chi connectivity index (χ0) is 56.2. The van der Waals surface area contributed by atoms with Crippen LogP contribution in [0.15, 0.2) is 36.5 Å². The van der Waals surface area contributed by atoms with Crippen molar-refractivity contribution in [2.75, 3.05) is 47.5 Å². The number of carboxylic acid groups (broad SMARTS) is 1. The van der Waals surface area contributed by atoms with Crippen LogP contribution >= 0.6 is 0 Å². The van der Waals surface area contributed by atoms with Crippen LogP contribution in [0.2, 0.25) is 0 Å². The molecule has 0 aromatic heterocycles. The number of hydrogen-bond donors (Lipinski definition) is 0. The Bertz CT molecular complexity index is 1360. The number of likely N-dealkylation sites (N-methyl/N-ethyl adjacent to an activating group) is 1. The third-order valence-corrected chi connectivity index (χ3v) is 14.9. The zero-order valence-corrected chi connectivity index (χ0v) is 51.6. The van der Waals surface area contributed by atoms with Gasteiger partial charge in [0, 0.05) is 12.8 Å². The molecule has 0 N–H and O–H groups in total. The summed E-state index contributed by atoms with van der Waals surface area (Å²) in [6, 6.07) is 0. The lowest BCUT2D eigenvalue weighted by atomic mass is 10.0. The SMILES string of the molecule is CCCCCCC/C=C\C/C=C\C/C=C\CCCCCCCCCCCCC(=O)OC(COC(=O)CCCCCCCCCCCCCCCCCCCCCCCCCCCCC)COC(OCC[N+](C)(C)C)C(=O)[O-]. The Labute approximate surface area is 477 Å². The van der Waals surface area contributed by atoms with E-state index in [1.54, 1.807) is 0 Å². The first kappa shape index (κ1) is 74.5. The van der Waals surface area contributed by atoms with Crippen molar-refractivity contribution in [1.82, 2.24) is 0 Å². The van der Waals surface area contributed by atoms with Gasteiger partial charge in [-0.25, -0.2) is 0 Å². The fourth-order valence-electron chi connectivity index (χ4n) is 9.78. The molecule has 9 heteroatoms. The second-order valence-corrected chi connectivity index (χ2v) is 23.8. The Hall–Kier alpha value is -2.49. The third kappa shape index (κ3) is 61.0. The normalized spacial score (nSPS) is 12.9. The molecule has 77 heavy (non-hydrogen) atoms. The molecule has 0 aliphatic carbocycles. The maximum atomic E-state index is 12.9. The van der Waals surface area contributed by atoms with Gasteiger partial charge in [0.05, 0.1) is 40.3 Å². The van der Waals surface area contributed by atoms with Crippen LogP contribution in [0.4, 0.5) is 0 Å². The largest absolute Gasteiger partial charge is 0.545 e. The number of rotatable bonds is 62. The van der Waals surface area contributed by atoms with Gasteiger partial charge < -0.3 is 33.3 Å². The lowest BCUT2D eigenvalue weighted by Gasteiger charge is -2.26. The van der Waals surface area contributed by atoms with Crippen molar-refractivity contribution in [2.24, 2.45) is 0 Å². The maximum absolute atomic E-state index is 12.9. The van der Waals surface area contributed by atoms with Crippen LogP contribution in [-0.4, -0.2) is 82.3 Å². The smallest absolute Gasteiger partial charge is 0.306 e. The number of ether oxygens (including phenoxy) is 4. The van der Waals surface area contributed by atoms with Crippen molar-refractivity contribution in [1.29, 1.82) is 0 Å². The number of unbranched alkanes of at least 4 members (excludes halogenated alkanes) is 41. The molecule has 0 amide bonds. The number of esters is 2. The van der Waals surface area contributed by atoms with Gasteiger partial charge in [0.2, 0.25) is 0 Å². The molecular formula is C68H127NO8. The van der Waals surface area contributed by atoms with Crippen LogP contribution in [0.1, 0.15) is 322 Å². The third-order valence-electron chi connectivity index (χ3n) is 14.9. The highest BCUT2D eigenvalue weighted by atomic mass is 16.7. The van der Waals surface area contributed by atoms with E-state index in [0.29, 0.717) is 23.9 Å². The molecule has 2 atom stereocenters. The second kappa shape index (κ2) is 59.6. The lowest BCUT2D eigenvalue weighted by molar-refractivity contribution is -0.870. The quantitative estimate of drug-likeness (QED) is 0.0195. The maximum Gasteiger partial charge on any atom is 0.306 e. The molecule has 452 valence electrons. The Balaban J connectivity index is 4.13. The van der Waals surface area contributed by atoms with Crippen LogP contribution in [0.3, 0.4) is 0 Å². The van der Waals surface area contributed by atoms with Crippen LogP contribution in [0.5, 0.6) is 0 Å². The van der Waals surface area contributed by atoms with E-state index in [2.05, 4.69) is 50.3 Å². The number of hydrogen-bond acceptors (Lipinski definition) is 8. The summed E-state index contributed by atoms with van der Waals surface area (Å²) in [6.45, 7) is 4.79. The molecule has 0 rings (SSSR count). The van der Waals surface area contributed by atoms with Crippen LogP contribution in [-0.2, 0) is 33.3 Å². The highest BCUT2D eigenvalue weighted by Gasteiger charge is 2.22. The van der Waals surface area contributed by atoms with E-state index >= 15 is 0 Å². The van der Waals surface area contributed by atoms with Crippen LogP contribution < -0.4 is 5.11 Å². The Morgan fingerprint density at radius 2 is 0.701 bits per heavy atom. The average Bonchev–Trinajstić information content (AvgIpc) is 3.40. The number of carbonyl (C=O) groups excluding carboxylic acids is 3. The molecule has 0 radical (unpaired) electrons. The van der Waals surface area contributed by atoms with Gasteiger partial charge in [0.1, 0.15) is 13.2 Å². The monoisotopic (exact) mass is 1090 g/mol. The van der Waals surface area contributed by atoms with E-state index in [9.17, 15) is 19.5 Å². The number of carbonyl (C=O) groups is 3. The fraction of sp³-hybridized carbons (Fsp3) is 0.868. The number of nitrogens with zero attached hydrogens (tertiary/aromatic N) is 1. The molecule has 0 heterocycles. The summed E-state index contributed by atoms with van der Waals surface area (Å²) < 4.78 is 22.8. The highest BCUT2D eigenvalue weighted by molar-refractivity contribution is 5.70.